The molecule has 0 spiro atoms. The lowest BCUT2D eigenvalue weighted by Crippen LogP contribution is -2.31. The number of ether oxygens (including phenoxy) is 2. The van der Waals surface area contributed by atoms with Gasteiger partial charge in [-0.05, 0) is 42.5 Å². The summed E-state index contributed by atoms with van der Waals surface area (Å²) in [5, 5.41) is 3.32. The van der Waals surface area contributed by atoms with Crippen molar-refractivity contribution in [1.29, 1.82) is 0 Å². The number of hydrogen-bond donors (Lipinski definition) is 1. The lowest BCUT2D eigenvalue weighted by Gasteiger charge is -2.24. The highest BCUT2D eigenvalue weighted by Gasteiger charge is 2.20. The highest BCUT2D eigenvalue weighted by atomic mass is 35.5. The zero-order valence-corrected chi connectivity index (χ0v) is 14.7. The third-order valence-electron chi connectivity index (χ3n) is 4.25. The molecule has 5 nitrogen and oxygen atoms in total. The average Bonchev–Trinajstić information content (AvgIpc) is 2.61. The van der Waals surface area contributed by atoms with Gasteiger partial charge in [-0.25, -0.2) is 0 Å². The van der Waals surface area contributed by atoms with Crippen LogP contribution < -0.4 is 10.1 Å². The van der Waals surface area contributed by atoms with Gasteiger partial charge in [0.2, 0.25) is 0 Å². The van der Waals surface area contributed by atoms with Crippen LogP contribution in [0.1, 0.15) is 50.0 Å². The average molecular weight is 354 g/mol. The van der Waals surface area contributed by atoms with Gasteiger partial charge in [-0.1, -0.05) is 30.9 Å². The largest absolute Gasteiger partial charge is 0.483 e. The Balaban J connectivity index is 1.89. The van der Waals surface area contributed by atoms with Gasteiger partial charge in [0, 0.05) is 11.6 Å². The van der Waals surface area contributed by atoms with E-state index < -0.39 is 0 Å². The van der Waals surface area contributed by atoms with E-state index in [2.05, 4.69) is 10.1 Å². The molecule has 1 amide bonds. The normalized spacial score (nSPS) is 14.9. The number of carbonyl (C=O) groups excluding carboxylic acids is 2. The van der Waals surface area contributed by atoms with E-state index in [1.54, 1.807) is 6.07 Å². The first-order chi connectivity index (χ1) is 11.6. The van der Waals surface area contributed by atoms with E-state index in [1.807, 2.05) is 12.1 Å². The maximum Gasteiger partial charge on any atom is 0.307 e. The minimum absolute atomic E-state index is 0.0808. The molecule has 0 unspecified atom stereocenters. The first kappa shape index (κ1) is 18.6. The summed E-state index contributed by atoms with van der Waals surface area (Å²) >= 11 is 6.13. The van der Waals surface area contributed by atoms with Crippen LogP contribution in [0.3, 0.4) is 0 Å². The highest BCUT2D eigenvalue weighted by molar-refractivity contribution is 6.30. The first-order valence-electron chi connectivity index (χ1n) is 8.36. The number of halogens is 1. The number of methoxy groups -OCH3 is 1. The molecule has 132 valence electrons. The molecule has 0 heterocycles. The summed E-state index contributed by atoms with van der Waals surface area (Å²) in [6, 6.07) is 5.55. The minimum atomic E-state index is -0.353. The molecule has 0 aromatic heterocycles. The molecule has 0 saturated heterocycles. The van der Waals surface area contributed by atoms with Gasteiger partial charge < -0.3 is 14.8 Å². The number of nitrogens with one attached hydrogen (secondary N) is 1. The molecule has 2 rings (SSSR count). The van der Waals surface area contributed by atoms with Crippen LogP contribution in [0.25, 0.3) is 0 Å². The predicted octanol–water partition coefficient (Wildman–Crippen LogP) is 3.45. The number of esters is 1. The van der Waals surface area contributed by atoms with Gasteiger partial charge in [0.05, 0.1) is 13.5 Å². The summed E-state index contributed by atoms with van der Waals surface area (Å²) in [6.45, 7) is 0.160. The molecular weight excluding hydrogens is 330 g/mol. The number of carbonyl (C=O) groups is 2. The Kier molecular flexibility index (Phi) is 7.37. The molecule has 1 fully saturated rings. The van der Waals surface area contributed by atoms with Crippen molar-refractivity contribution in [2.24, 2.45) is 0 Å². The summed E-state index contributed by atoms with van der Waals surface area (Å²) in [6.07, 6.45) is 6.10. The van der Waals surface area contributed by atoms with E-state index in [1.165, 1.54) is 26.4 Å². The molecule has 24 heavy (non-hydrogen) atoms. The third kappa shape index (κ3) is 5.71. The van der Waals surface area contributed by atoms with Gasteiger partial charge in [0.1, 0.15) is 5.75 Å². The molecule has 1 N–H and O–H groups in total. The molecule has 0 bridgehead atoms. The van der Waals surface area contributed by atoms with Gasteiger partial charge in [-0.2, -0.15) is 0 Å². The molecule has 1 aliphatic rings. The molecule has 6 heteroatoms. The highest BCUT2D eigenvalue weighted by Crippen LogP contribution is 2.38. The molecule has 0 aliphatic heterocycles. The van der Waals surface area contributed by atoms with Crippen molar-refractivity contribution in [2.75, 3.05) is 20.3 Å². The Morgan fingerprint density at radius 1 is 1.25 bits per heavy atom. The molecule has 1 aliphatic carbocycles. The quantitative estimate of drug-likeness (QED) is 0.762. The monoisotopic (exact) mass is 353 g/mol. The third-order valence-corrected chi connectivity index (χ3v) is 4.49. The second-order valence-electron chi connectivity index (χ2n) is 5.98. The van der Waals surface area contributed by atoms with E-state index >= 15 is 0 Å². The molecule has 1 aromatic carbocycles. The number of hydrogen-bond acceptors (Lipinski definition) is 4. The lowest BCUT2D eigenvalue weighted by molar-refractivity contribution is -0.140. The Bertz CT molecular complexity index is 570. The van der Waals surface area contributed by atoms with Crippen LogP contribution in [0.5, 0.6) is 5.75 Å². The SMILES string of the molecule is COC(=O)CCNC(=O)COc1ccc(Cl)cc1C1CCCCC1. The Labute approximate surface area is 147 Å². The second-order valence-corrected chi connectivity index (χ2v) is 6.42. The van der Waals surface area contributed by atoms with Crippen LogP contribution in [0.2, 0.25) is 5.02 Å². The molecule has 0 radical (unpaired) electrons. The van der Waals surface area contributed by atoms with Crippen molar-refractivity contribution in [1.82, 2.24) is 5.32 Å². The summed E-state index contributed by atoms with van der Waals surface area (Å²) in [5.41, 5.74) is 1.09. The smallest absolute Gasteiger partial charge is 0.307 e. The topological polar surface area (TPSA) is 64.6 Å². The summed E-state index contributed by atoms with van der Waals surface area (Å²) in [4.78, 5) is 22.8. The minimum Gasteiger partial charge on any atom is -0.483 e. The molecular formula is C18H24ClNO4. The molecule has 1 saturated carbocycles. The number of rotatable bonds is 7. The Morgan fingerprint density at radius 2 is 2.00 bits per heavy atom. The standard InChI is InChI=1S/C18H24ClNO4/c1-23-18(22)9-10-20-17(21)12-24-16-8-7-14(19)11-15(16)13-5-3-2-4-6-13/h7-8,11,13H,2-6,9-10,12H2,1H3,(H,20,21). The first-order valence-corrected chi connectivity index (χ1v) is 8.73. The van der Waals surface area contributed by atoms with Crippen molar-refractivity contribution < 1.29 is 19.1 Å². The van der Waals surface area contributed by atoms with Gasteiger partial charge in [0.15, 0.2) is 6.61 Å². The zero-order chi connectivity index (χ0) is 17.4. The van der Waals surface area contributed by atoms with Gasteiger partial charge in [-0.15, -0.1) is 0 Å². The second kappa shape index (κ2) is 9.52. The zero-order valence-electron chi connectivity index (χ0n) is 14.0. The van der Waals surface area contributed by atoms with E-state index in [0.29, 0.717) is 10.9 Å². The van der Waals surface area contributed by atoms with E-state index in [0.717, 1.165) is 24.2 Å². The predicted molar refractivity (Wildman–Crippen MR) is 92.4 cm³/mol. The summed E-state index contributed by atoms with van der Waals surface area (Å²) in [7, 11) is 1.32. The van der Waals surface area contributed by atoms with Crippen LogP contribution >= 0.6 is 11.6 Å². The van der Waals surface area contributed by atoms with Gasteiger partial charge >= 0.3 is 5.97 Å². The van der Waals surface area contributed by atoms with Crippen molar-refractivity contribution in [2.45, 2.75) is 44.4 Å². The van der Waals surface area contributed by atoms with Crippen LogP contribution in [0, 0.1) is 0 Å². The molecule has 0 atom stereocenters. The van der Waals surface area contributed by atoms with Crippen molar-refractivity contribution in [3.63, 3.8) is 0 Å². The van der Waals surface area contributed by atoms with Crippen molar-refractivity contribution in [3.8, 4) is 5.75 Å². The van der Waals surface area contributed by atoms with Crippen LogP contribution in [-0.4, -0.2) is 32.1 Å². The summed E-state index contributed by atoms with van der Waals surface area (Å²) in [5.74, 6) is 0.543. The van der Waals surface area contributed by atoms with Crippen LogP contribution in [0.4, 0.5) is 0 Å². The number of benzene rings is 1. The lowest BCUT2D eigenvalue weighted by atomic mass is 9.84. The maximum absolute atomic E-state index is 11.8. The number of amides is 1. The van der Waals surface area contributed by atoms with Crippen molar-refractivity contribution >= 4 is 23.5 Å². The summed E-state index contributed by atoms with van der Waals surface area (Å²) < 4.78 is 10.2. The van der Waals surface area contributed by atoms with E-state index in [-0.39, 0.29) is 31.4 Å². The van der Waals surface area contributed by atoms with Crippen LogP contribution in [0.15, 0.2) is 18.2 Å². The Hall–Kier alpha value is -1.75. The van der Waals surface area contributed by atoms with Crippen LogP contribution in [-0.2, 0) is 14.3 Å². The van der Waals surface area contributed by atoms with E-state index in [4.69, 9.17) is 16.3 Å². The fourth-order valence-corrected chi connectivity index (χ4v) is 3.16. The fourth-order valence-electron chi connectivity index (χ4n) is 2.98. The fraction of sp³-hybridized carbons (Fsp3) is 0.556. The molecule has 1 aromatic rings. The van der Waals surface area contributed by atoms with Crippen molar-refractivity contribution in [3.05, 3.63) is 28.8 Å². The van der Waals surface area contributed by atoms with Gasteiger partial charge in [-0.3, -0.25) is 9.59 Å². The van der Waals surface area contributed by atoms with Gasteiger partial charge in [0.25, 0.3) is 5.91 Å². The maximum atomic E-state index is 11.8. The van der Waals surface area contributed by atoms with E-state index in [9.17, 15) is 9.59 Å². The Morgan fingerprint density at radius 3 is 2.71 bits per heavy atom.